The molecule has 0 fully saturated rings. The average Bonchev–Trinajstić information content (AvgIpc) is 2.13. The summed E-state index contributed by atoms with van der Waals surface area (Å²) in [5, 5.41) is 11.2. The summed E-state index contributed by atoms with van der Waals surface area (Å²) in [6, 6.07) is 0. The second kappa shape index (κ2) is 3.58. The Kier molecular flexibility index (Phi) is 2.96. The van der Waals surface area contributed by atoms with Gasteiger partial charge in [0.1, 0.15) is 0 Å². The molecule has 0 aliphatic heterocycles. The van der Waals surface area contributed by atoms with Crippen LogP contribution in [0.5, 0.6) is 0 Å². The van der Waals surface area contributed by atoms with Crippen LogP contribution in [0, 0.1) is 10.8 Å². The molecule has 0 aromatic heterocycles. The number of aliphatic carboxylic acids is 1. The molecule has 2 radical (unpaired) electrons. The van der Waals surface area contributed by atoms with Gasteiger partial charge in [-0.25, -0.2) is 0 Å². The molecule has 0 heterocycles. The fourth-order valence-corrected chi connectivity index (χ4v) is 2.81. The summed E-state index contributed by atoms with van der Waals surface area (Å²) in [6.45, 7) is 5.70. The summed E-state index contributed by atoms with van der Waals surface area (Å²) < 4.78 is 1.04. The van der Waals surface area contributed by atoms with Crippen molar-refractivity contribution >= 4 is 22.8 Å². The monoisotopic (exact) mass is 253 g/mol. The first kappa shape index (κ1) is 11.6. The maximum atomic E-state index is 11.2. The summed E-state index contributed by atoms with van der Waals surface area (Å²) in [5.41, 5.74) is -1.26. The van der Waals surface area contributed by atoms with E-state index in [2.05, 4.69) is 16.9 Å². The van der Waals surface area contributed by atoms with Gasteiger partial charge in [-0.3, -0.25) is 0 Å². The van der Waals surface area contributed by atoms with E-state index in [4.69, 9.17) is 0 Å². The minimum absolute atomic E-state index is 0.361. The summed E-state index contributed by atoms with van der Waals surface area (Å²) in [7, 11) is 0. The van der Waals surface area contributed by atoms with Crippen molar-refractivity contribution in [2.75, 3.05) is 0 Å². The molecule has 1 rings (SSSR count). The number of carboxylic acids is 1. The molecule has 0 bridgehead atoms. The molecule has 1 aliphatic rings. The van der Waals surface area contributed by atoms with Gasteiger partial charge in [-0.1, -0.05) is 0 Å². The Hall–Kier alpha value is -0.492. The molecular formula is C11H14AsO2-. The van der Waals surface area contributed by atoms with Gasteiger partial charge >= 0.3 is 93.3 Å². The molecule has 2 atom stereocenters. The molecule has 2 nitrogen and oxygen atoms in total. The van der Waals surface area contributed by atoms with Crippen molar-refractivity contribution < 1.29 is 9.90 Å². The van der Waals surface area contributed by atoms with Gasteiger partial charge in [0.25, 0.3) is 0 Å². The zero-order valence-corrected chi connectivity index (χ0v) is 10.6. The third-order valence-electron chi connectivity index (χ3n) is 3.53. The predicted octanol–water partition coefficient (Wildman–Crippen LogP) is 0.781. The molecular weight excluding hydrogens is 239 g/mol. The van der Waals surface area contributed by atoms with Gasteiger partial charge in [-0.2, -0.15) is 0 Å². The van der Waals surface area contributed by atoms with Crippen molar-refractivity contribution in [2.24, 2.45) is 10.8 Å². The molecule has 3 heteroatoms. The third kappa shape index (κ3) is 1.37. The second-order valence-corrected chi connectivity index (χ2v) is 5.10. The van der Waals surface area contributed by atoms with Crippen LogP contribution in [-0.2, 0) is 4.79 Å². The number of rotatable bonds is 2. The van der Waals surface area contributed by atoms with Crippen LogP contribution in [0.3, 0.4) is 0 Å². The Morgan fingerprint density at radius 2 is 2.14 bits per heavy atom. The zero-order valence-electron chi connectivity index (χ0n) is 8.70. The van der Waals surface area contributed by atoms with Crippen LogP contribution in [0.25, 0.3) is 0 Å². The third-order valence-corrected chi connectivity index (χ3v) is 4.87. The van der Waals surface area contributed by atoms with Crippen LogP contribution < -0.4 is 5.11 Å². The van der Waals surface area contributed by atoms with E-state index in [1.165, 1.54) is 0 Å². The van der Waals surface area contributed by atoms with Gasteiger partial charge in [0.05, 0.1) is 0 Å². The molecule has 76 valence electrons. The first-order valence-electron chi connectivity index (χ1n) is 4.69. The number of hydrogen-bond acceptors (Lipinski definition) is 2. The molecule has 0 saturated heterocycles. The van der Waals surface area contributed by atoms with E-state index < -0.39 is 11.4 Å². The van der Waals surface area contributed by atoms with E-state index in [0.717, 1.165) is 10.8 Å². The second-order valence-electron chi connectivity index (χ2n) is 4.09. The molecule has 1 aliphatic carbocycles. The molecule has 0 aromatic carbocycles. The fraction of sp³-hybridized carbons (Fsp3) is 0.545. The number of carbonyl (C=O) groups excluding carboxylic acids is 1. The van der Waals surface area contributed by atoms with Gasteiger partial charge in [-0.05, 0) is 0 Å². The van der Waals surface area contributed by atoms with E-state index in [1.54, 1.807) is 19.1 Å². The number of carbonyl (C=O) groups is 1. The Morgan fingerprint density at radius 3 is 2.50 bits per heavy atom. The molecule has 14 heavy (non-hydrogen) atoms. The van der Waals surface area contributed by atoms with Gasteiger partial charge in [0, 0.05) is 0 Å². The van der Waals surface area contributed by atoms with Crippen LogP contribution >= 0.6 is 0 Å². The van der Waals surface area contributed by atoms with Crippen LogP contribution in [-0.4, -0.2) is 22.8 Å². The van der Waals surface area contributed by atoms with Gasteiger partial charge in [0.2, 0.25) is 0 Å². The Bertz CT molecular complexity index is 319. The summed E-state index contributed by atoms with van der Waals surface area (Å²) in [6.07, 6.45) is 6.25. The normalized spacial score (nSPS) is 36.7. The minimum atomic E-state index is -1.00. The van der Waals surface area contributed by atoms with Crippen molar-refractivity contribution in [3.63, 3.8) is 0 Å². The number of allylic oxidation sites excluding steroid dienone is 3. The Morgan fingerprint density at radius 1 is 1.57 bits per heavy atom. The molecule has 0 aromatic rings. The van der Waals surface area contributed by atoms with Crippen LogP contribution in [0.1, 0.15) is 27.2 Å². The predicted molar refractivity (Wildman–Crippen MR) is 54.5 cm³/mol. The standard InChI is InChI=1S/C11H15AsO2/c1-4-10(2)8(12)6-5-7-11(10,3)9(13)14/h5-7H,4H2,1-3H3,(H,13,14)/p-1. The molecule has 2 unspecified atom stereocenters. The fourth-order valence-electron chi connectivity index (χ4n) is 1.81. The average molecular weight is 253 g/mol. The van der Waals surface area contributed by atoms with Crippen molar-refractivity contribution in [3.8, 4) is 0 Å². The van der Waals surface area contributed by atoms with Gasteiger partial charge in [0.15, 0.2) is 0 Å². The van der Waals surface area contributed by atoms with Crippen molar-refractivity contribution in [2.45, 2.75) is 27.2 Å². The van der Waals surface area contributed by atoms with E-state index in [9.17, 15) is 9.90 Å². The van der Waals surface area contributed by atoms with Crippen LogP contribution in [0.2, 0.25) is 0 Å². The number of hydrogen-bond donors (Lipinski definition) is 0. The molecule has 0 amide bonds. The first-order valence-corrected chi connectivity index (χ1v) is 5.62. The Labute approximate surface area is 93.6 Å². The van der Waals surface area contributed by atoms with Gasteiger partial charge < -0.3 is 0 Å². The zero-order chi connectivity index (χ0) is 11.0. The summed E-state index contributed by atoms with van der Waals surface area (Å²) in [4.78, 5) is 11.2. The molecule has 0 N–H and O–H groups in total. The first-order chi connectivity index (χ1) is 6.38. The summed E-state index contributed by atoms with van der Waals surface area (Å²) in [5.74, 6) is -1.00. The van der Waals surface area contributed by atoms with E-state index in [-0.39, 0.29) is 5.41 Å². The SMILES string of the molecule is CCC1(C)C([As])=CC=CC1(C)C(=O)[O-]. The van der Waals surface area contributed by atoms with Crippen LogP contribution in [0.15, 0.2) is 22.6 Å². The van der Waals surface area contributed by atoms with Crippen molar-refractivity contribution in [1.82, 2.24) is 0 Å². The van der Waals surface area contributed by atoms with E-state index in [1.807, 2.05) is 19.9 Å². The van der Waals surface area contributed by atoms with Crippen LogP contribution in [0.4, 0.5) is 0 Å². The number of carboxylic acid groups (broad SMARTS) is 1. The van der Waals surface area contributed by atoms with Crippen molar-refractivity contribution in [3.05, 3.63) is 22.6 Å². The van der Waals surface area contributed by atoms with E-state index in [0.29, 0.717) is 0 Å². The molecule has 0 saturated carbocycles. The van der Waals surface area contributed by atoms with E-state index >= 15 is 0 Å². The maximum absolute atomic E-state index is 11.2. The summed E-state index contributed by atoms with van der Waals surface area (Å²) >= 11 is 2.46. The Balaban J connectivity index is 3.28. The van der Waals surface area contributed by atoms with Crippen molar-refractivity contribution in [1.29, 1.82) is 0 Å². The topological polar surface area (TPSA) is 40.1 Å². The quantitative estimate of drug-likeness (QED) is 0.682. The molecule has 0 spiro atoms. The van der Waals surface area contributed by atoms with Gasteiger partial charge in [-0.15, -0.1) is 0 Å².